The molecule has 0 radical (unpaired) electrons. The number of carbonyl (C=O) groups is 2. The summed E-state index contributed by atoms with van der Waals surface area (Å²) in [6, 6.07) is 2.74. The maximum Gasteiger partial charge on any atom is 0.363 e. The number of nitro groups is 1. The smallest absolute Gasteiger partial charge is 0.363 e. The molecule has 1 aromatic heterocycles. The van der Waals surface area contributed by atoms with Crippen molar-refractivity contribution in [2.75, 3.05) is 19.8 Å². The molecule has 1 saturated heterocycles. The Morgan fingerprint density at radius 3 is 2.90 bits per heavy atom. The van der Waals surface area contributed by atoms with E-state index in [1.807, 2.05) is 6.08 Å². The number of hydrogen-bond acceptors (Lipinski definition) is 7. The van der Waals surface area contributed by atoms with Gasteiger partial charge in [0.05, 0.1) is 25.2 Å². The minimum absolute atomic E-state index is 0.0455. The Morgan fingerprint density at radius 2 is 2.23 bits per heavy atom. The molecule has 1 aliphatic heterocycles. The van der Waals surface area contributed by atoms with Gasteiger partial charge in [0.2, 0.25) is 5.91 Å². The van der Waals surface area contributed by atoms with Crippen LogP contribution in [0.4, 0.5) is 5.82 Å². The molecule has 164 valence electrons. The Balaban J connectivity index is 1.83. The number of piperidine rings is 1. The highest BCUT2D eigenvalue weighted by molar-refractivity contribution is 5.77. The minimum Gasteiger partial charge on any atom is -0.481 e. The van der Waals surface area contributed by atoms with Crippen molar-refractivity contribution in [2.45, 2.75) is 50.7 Å². The Labute approximate surface area is 174 Å². The van der Waals surface area contributed by atoms with Crippen LogP contribution in [0, 0.1) is 10.1 Å². The van der Waals surface area contributed by atoms with Crippen molar-refractivity contribution in [3.8, 4) is 0 Å². The van der Waals surface area contributed by atoms with Gasteiger partial charge in [0.1, 0.15) is 6.20 Å². The van der Waals surface area contributed by atoms with Crippen LogP contribution in [0.5, 0.6) is 0 Å². The summed E-state index contributed by atoms with van der Waals surface area (Å²) in [7, 11) is 0. The van der Waals surface area contributed by atoms with E-state index in [9.17, 15) is 24.8 Å². The number of nitrogens with zero attached hydrogens (tertiary/aromatic N) is 3. The Bertz CT molecular complexity index is 751. The number of rotatable bonds is 12. The molecule has 0 saturated carbocycles. The zero-order valence-electron chi connectivity index (χ0n) is 16.7. The quantitative estimate of drug-likeness (QED) is 0.225. The van der Waals surface area contributed by atoms with Crippen molar-refractivity contribution >= 4 is 17.7 Å². The number of hydrogen-bond donors (Lipinski definition) is 2. The van der Waals surface area contributed by atoms with Crippen LogP contribution in [-0.2, 0) is 20.7 Å². The van der Waals surface area contributed by atoms with Crippen molar-refractivity contribution in [3.63, 3.8) is 0 Å². The molecule has 0 spiro atoms. The summed E-state index contributed by atoms with van der Waals surface area (Å²) >= 11 is 0. The van der Waals surface area contributed by atoms with E-state index in [1.54, 1.807) is 17.0 Å². The van der Waals surface area contributed by atoms with Crippen LogP contribution in [0.25, 0.3) is 0 Å². The lowest BCUT2D eigenvalue weighted by Crippen LogP contribution is -2.43. The third kappa shape index (κ3) is 7.88. The average Bonchev–Trinajstić information content (AvgIpc) is 2.70. The molecule has 2 N–H and O–H groups in total. The van der Waals surface area contributed by atoms with Gasteiger partial charge in [-0.3, -0.25) is 9.59 Å². The highest BCUT2D eigenvalue weighted by atomic mass is 16.6. The predicted octanol–water partition coefficient (Wildman–Crippen LogP) is 1.71. The van der Waals surface area contributed by atoms with Crippen molar-refractivity contribution in [2.24, 2.45) is 0 Å². The SMILES string of the molecule is O=C(O)CCOCCCN1C(=O)CCC[C@@H]1C=CC(O)Cc1ccc([N+](=O)[O-])nc1. The third-order valence-corrected chi connectivity index (χ3v) is 4.76. The van der Waals surface area contributed by atoms with Crippen LogP contribution in [-0.4, -0.2) is 68.8 Å². The molecule has 0 aliphatic carbocycles. The first-order valence-electron chi connectivity index (χ1n) is 9.91. The highest BCUT2D eigenvalue weighted by Gasteiger charge is 2.25. The van der Waals surface area contributed by atoms with Crippen LogP contribution in [0.2, 0.25) is 0 Å². The number of aliphatic hydroxyl groups excluding tert-OH is 1. The van der Waals surface area contributed by atoms with Crippen LogP contribution >= 0.6 is 0 Å². The summed E-state index contributed by atoms with van der Waals surface area (Å²) in [4.78, 5) is 38.3. The second kappa shape index (κ2) is 12.0. The maximum absolute atomic E-state index is 12.3. The van der Waals surface area contributed by atoms with Gasteiger partial charge in [-0.15, -0.1) is 0 Å². The number of aliphatic carboxylic acids is 1. The monoisotopic (exact) mass is 421 g/mol. The van der Waals surface area contributed by atoms with Crippen LogP contribution in [0.1, 0.15) is 37.7 Å². The van der Waals surface area contributed by atoms with Gasteiger partial charge in [-0.1, -0.05) is 12.2 Å². The number of aromatic nitrogens is 1. The summed E-state index contributed by atoms with van der Waals surface area (Å²) in [5, 5.41) is 29.5. The standard InChI is InChI=1S/C20H27N3O7/c24-17(13-15-5-8-18(21-14-15)23(28)29)7-6-16-3-1-4-19(25)22(16)10-2-11-30-12-9-20(26)27/h5-8,14,16-17,24H,1-4,9-13H2,(H,26,27)/t16-,17?/m1/s1. The van der Waals surface area contributed by atoms with Gasteiger partial charge in [-0.2, -0.15) is 0 Å². The third-order valence-electron chi connectivity index (χ3n) is 4.76. The zero-order chi connectivity index (χ0) is 21.9. The van der Waals surface area contributed by atoms with Crippen molar-refractivity contribution in [1.82, 2.24) is 9.88 Å². The molecule has 0 bridgehead atoms. The second-order valence-electron chi connectivity index (χ2n) is 7.09. The van der Waals surface area contributed by atoms with Crippen LogP contribution in [0.3, 0.4) is 0 Å². The number of carboxylic acid groups (broad SMARTS) is 1. The first-order valence-corrected chi connectivity index (χ1v) is 9.91. The molecule has 2 atom stereocenters. The number of ether oxygens (including phenoxy) is 1. The van der Waals surface area contributed by atoms with Gasteiger partial charge in [0.15, 0.2) is 0 Å². The molecule has 10 heteroatoms. The molecule has 1 amide bonds. The summed E-state index contributed by atoms with van der Waals surface area (Å²) in [5.41, 5.74) is 0.674. The van der Waals surface area contributed by atoms with Crippen molar-refractivity contribution in [1.29, 1.82) is 0 Å². The second-order valence-corrected chi connectivity index (χ2v) is 7.09. The number of carboxylic acids is 1. The fraction of sp³-hybridized carbons (Fsp3) is 0.550. The molecule has 1 fully saturated rings. The maximum atomic E-state index is 12.3. The highest BCUT2D eigenvalue weighted by Crippen LogP contribution is 2.20. The van der Waals surface area contributed by atoms with Gasteiger partial charge >= 0.3 is 11.8 Å². The fourth-order valence-electron chi connectivity index (χ4n) is 3.25. The first kappa shape index (κ1) is 23.4. The Morgan fingerprint density at radius 1 is 1.43 bits per heavy atom. The van der Waals surface area contributed by atoms with Crippen molar-refractivity contribution < 1.29 is 29.5 Å². The number of pyridine rings is 1. The summed E-state index contributed by atoms with van der Waals surface area (Å²) in [5.74, 6) is -1.10. The summed E-state index contributed by atoms with van der Waals surface area (Å²) in [6.45, 7) is 1.03. The van der Waals surface area contributed by atoms with E-state index >= 15 is 0 Å². The van der Waals surface area contributed by atoms with E-state index in [2.05, 4.69) is 4.98 Å². The lowest BCUT2D eigenvalue weighted by atomic mass is 9.99. The van der Waals surface area contributed by atoms with Crippen LogP contribution < -0.4 is 0 Å². The fourth-order valence-corrected chi connectivity index (χ4v) is 3.25. The molecule has 1 aromatic rings. The molecular weight excluding hydrogens is 394 g/mol. The van der Waals surface area contributed by atoms with E-state index < -0.39 is 17.0 Å². The predicted molar refractivity (Wildman–Crippen MR) is 107 cm³/mol. The van der Waals surface area contributed by atoms with Gasteiger partial charge in [-0.25, -0.2) is 0 Å². The lowest BCUT2D eigenvalue weighted by Gasteiger charge is -2.34. The molecule has 1 unspecified atom stereocenters. The van der Waals surface area contributed by atoms with Gasteiger partial charge in [0.25, 0.3) is 0 Å². The summed E-state index contributed by atoms with van der Waals surface area (Å²) < 4.78 is 5.27. The Kier molecular flexibility index (Phi) is 9.36. The average molecular weight is 421 g/mol. The van der Waals surface area contributed by atoms with E-state index in [1.165, 1.54) is 12.3 Å². The minimum atomic E-state index is -0.908. The molecule has 30 heavy (non-hydrogen) atoms. The Hall–Kier alpha value is -2.85. The zero-order valence-corrected chi connectivity index (χ0v) is 16.7. The number of aliphatic hydroxyl groups is 1. The van der Waals surface area contributed by atoms with Gasteiger partial charge in [0, 0.05) is 32.1 Å². The van der Waals surface area contributed by atoms with E-state index in [4.69, 9.17) is 9.84 Å². The molecule has 2 heterocycles. The van der Waals surface area contributed by atoms with Crippen LogP contribution in [0.15, 0.2) is 30.5 Å². The normalized spacial score (nSPS) is 18.0. The lowest BCUT2D eigenvalue weighted by molar-refractivity contribution is -0.389. The van der Waals surface area contributed by atoms with E-state index in [0.29, 0.717) is 31.6 Å². The summed E-state index contributed by atoms with van der Waals surface area (Å²) in [6.07, 6.45) is 6.92. The molecule has 2 rings (SSSR count). The molecule has 1 aliphatic rings. The molecule has 10 nitrogen and oxygen atoms in total. The molecule has 0 aromatic carbocycles. The van der Waals surface area contributed by atoms with E-state index in [0.717, 1.165) is 12.8 Å². The van der Waals surface area contributed by atoms with E-state index in [-0.39, 0.29) is 37.2 Å². The van der Waals surface area contributed by atoms with Crippen molar-refractivity contribution in [3.05, 3.63) is 46.2 Å². The number of likely N-dealkylation sites (tertiary alicyclic amines) is 1. The van der Waals surface area contributed by atoms with Gasteiger partial charge in [-0.05, 0) is 40.8 Å². The van der Waals surface area contributed by atoms with Gasteiger partial charge < -0.3 is 30.0 Å². The first-order chi connectivity index (χ1) is 14.4. The molecular formula is C20H27N3O7. The topological polar surface area (TPSA) is 143 Å². The number of amides is 1. The largest absolute Gasteiger partial charge is 0.481 e. The number of carbonyl (C=O) groups excluding carboxylic acids is 1.